The molecule has 0 radical (unpaired) electrons. The normalized spacial score (nSPS) is 25.1. The number of aliphatic hydroxyl groups excluding tert-OH is 1. The van der Waals surface area contributed by atoms with Crippen LogP contribution in [0.3, 0.4) is 0 Å². The second-order valence-corrected chi connectivity index (χ2v) is 5.19. The highest BCUT2D eigenvalue weighted by Crippen LogP contribution is 2.40. The number of halogens is 1. The third-order valence-electron chi connectivity index (χ3n) is 4.12. The van der Waals surface area contributed by atoms with E-state index in [0.29, 0.717) is 11.5 Å². The SMILES string of the molecule is CCC1CCC(C(O)c2ccc(OC)c(F)c2)C1. The van der Waals surface area contributed by atoms with Crippen molar-refractivity contribution in [2.45, 2.75) is 38.7 Å². The molecule has 18 heavy (non-hydrogen) atoms. The van der Waals surface area contributed by atoms with Crippen molar-refractivity contribution in [3.8, 4) is 5.75 Å². The Bertz CT molecular complexity index is 405. The maximum Gasteiger partial charge on any atom is 0.165 e. The standard InChI is InChI=1S/C15H21FO2/c1-3-10-4-5-11(8-10)15(17)12-6-7-14(18-2)13(16)9-12/h6-7,9-11,15,17H,3-5,8H2,1-2H3. The lowest BCUT2D eigenvalue weighted by Gasteiger charge is -2.19. The topological polar surface area (TPSA) is 29.5 Å². The molecule has 2 nitrogen and oxygen atoms in total. The van der Waals surface area contributed by atoms with Crippen molar-refractivity contribution in [2.75, 3.05) is 7.11 Å². The molecule has 1 aliphatic rings. The molecule has 3 heteroatoms. The molecule has 100 valence electrons. The molecule has 1 saturated carbocycles. The van der Waals surface area contributed by atoms with Crippen LogP contribution in [0.15, 0.2) is 18.2 Å². The number of hydrogen-bond donors (Lipinski definition) is 1. The monoisotopic (exact) mass is 252 g/mol. The van der Waals surface area contributed by atoms with Crippen LogP contribution in [0.5, 0.6) is 5.75 Å². The van der Waals surface area contributed by atoms with Crippen molar-refractivity contribution < 1.29 is 14.2 Å². The van der Waals surface area contributed by atoms with E-state index in [4.69, 9.17) is 4.74 Å². The summed E-state index contributed by atoms with van der Waals surface area (Å²) in [6.45, 7) is 2.19. The van der Waals surface area contributed by atoms with Gasteiger partial charge in [-0.2, -0.15) is 0 Å². The number of hydrogen-bond acceptors (Lipinski definition) is 2. The van der Waals surface area contributed by atoms with Crippen LogP contribution in [0.25, 0.3) is 0 Å². The van der Waals surface area contributed by atoms with Crippen LogP contribution >= 0.6 is 0 Å². The molecule has 0 saturated heterocycles. The van der Waals surface area contributed by atoms with Gasteiger partial charge in [0.05, 0.1) is 13.2 Å². The second-order valence-electron chi connectivity index (χ2n) is 5.19. The van der Waals surface area contributed by atoms with E-state index >= 15 is 0 Å². The summed E-state index contributed by atoms with van der Waals surface area (Å²) in [6.07, 6.45) is 3.87. The molecule has 1 aromatic carbocycles. The summed E-state index contributed by atoms with van der Waals surface area (Å²) in [7, 11) is 1.44. The molecule has 1 aliphatic carbocycles. The summed E-state index contributed by atoms with van der Waals surface area (Å²) >= 11 is 0. The van der Waals surface area contributed by atoms with Crippen LogP contribution < -0.4 is 4.74 Å². The molecular formula is C15H21FO2. The minimum Gasteiger partial charge on any atom is -0.494 e. The summed E-state index contributed by atoms with van der Waals surface area (Å²) in [6, 6.07) is 4.73. The molecule has 3 atom stereocenters. The second kappa shape index (κ2) is 5.70. The first-order chi connectivity index (χ1) is 8.65. The fourth-order valence-corrected chi connectivity index (χ4v) is 2.91. The first-order valence-corrected chi connectivity index (χ1v) is 6.67. The van der Waals surface area contributed by atoms with Gasteiger partial charge < -0.3 is 9.84 Å². The van der Waals surface area contributed by atoms with Gasteiger partial charge in [-0.3, -0.25) is 0 Å². The third kappa shape index (κ3) is 2.66. The molecule has 1 aromatic rings. The molecule has 1 N–H and O–H groups in total. The minimum atomic E-state index is -0.554. The maximum absolute atomic E-state index is 13.6. The van der Waals surface area contributed by atoms with Gasteiger partial charge in [-0.15, -0.1) is 0 Å². The summed E-state index contributed by atoms with van der Waals surface area (Å²) < 4.78 is 18.5. The lowest BCUT2D eigenvalue weighted by Crippen LogP contribution is -2.10. The third-order valence-corrected chi connectivity index (χ3v) is 4.12. The lowest BCUT2D eigenvalue weighted by molar-refractivity contribution is 0.108. The molecule has 0 amide bonds. The predicted molar refractivity (Wildman–Crippen MR) is 69.0 cm³/mol. The predicted octanol–water partition coefficient (Wildman–Crippen LogP) is 3.69. The van der Waals surface area contributed by atoms with Crippen molar-refractivity contribution in [3.05, 3.63) is 29.6 Å². The number of aliphatic hydroxyl groups is 1. The Morgan fingerprint density at radius 2 is 2.22 bits per heavy atom. The Hall–Kier alpha value is -1.09. The van der Waals surface area contributed by atoms with Crippen molar-refractivity contribution in [1.82, 2.24) is 0 Å². The Labute approximate surface area is 108 Å². The van der Waals surface area contributed by atoms with Crippen molar-refractivity contribution in [2.24, 2.45) is 11.8 Å². The van der Waals surface area contributed by atoms with Crippen LogP contribution in [0, 0.1) is 17.7 Å². The molecule has 3 unspecified atom stereocenters. The number of methoxy groups -OCH3 is 1. The number of benzene rings is 1. The fourth-order valence-electron chi connectivity index (χ4n) is 2.91. The van der Waals surface area contributed by atoms with Gasteiger partial charge >= 0.3 is 0 Å². The minimum absolute atomic E-state index is 0.226. The summed E-state index contributed by atoms with van der Waals surface area (Å²) in [4.78, 5) is 0. The van der Waals surface area contributed by atoms with Crippen molar-refractivity contribution in [1.29, 1.82) is 0 Å². The number of rotatable bonds is 4. The van der Waals surface area contributed by atoms with Crippen LogP contribution in [0.1, 0.15) is 44.3 Å². The highest BCUT2D eigenvalue weighted by molar-refractivity contribution is 5.30. The Kier molecular flexibility index (Phi) is 4.23. The van der Waals surface area contributed by atoms with Crippen LogP contribution in [0.2, 0.25) is 0 Å². The van der Waals surface area contributed by atoms with Gasteiger partial charge in [0.2, 0.25) is 0 Å². The Morgan fingerprint density at radius 3 is 2.78 bits per heavy atom. The van der Waals surface area contributed by atoms with E-state index < -0.39 is 11.9 Å². The summed E-state index contributed by atoms with van der Waals surface area (Å²) in [5.41, 5.74) is 0.662. The first kappa shape index (κ1) is 13.3. The first-order valence-electron chi connectivity index (χ1n) is 6.67. The molecule has 0 heterocycles. The number of ether oxygens (including phenoxy) is 1. The van der Waals surface area contributed by atoms with Gasteiger partial charge in [-0.25, -0.2) is 4.39 Å². The highest BCUT2D eigenvalue weighted by atomic mass is 19.1. The molecule has 0 spiro atoms. The zero-order chi connectivity index (χ0) is 13.1. The van der Waals surface area contributed by atoms with Gasteiger partial charge in [0.1, 0.15) is 0 Å². The quantitative estimate of drug-likeness (QED) is 0.885. The van der Waals surface area contributed by atoms with Crippen LogP contribution in [-0.2, 0) is 0 Å². The van der Waals surface area contributed by atoms with E-state index in [1.54, 1.807) is 12.1 Å². The highest BCUT2D eigenvalue weighted by Gasteiger charge is 2.30. The average molecular weight is 252 g/mol. The van der Waals surface area contributed by atoms with E-state index in [1.807, 2.05) is 0 Å². The summed E-state index contributed by atoms with van der Waals surface area (Å²) in [5, 5.41) is 10.3. The molecule has 0 aliphatic heterocycles. The average Bonchev–Trinajstić information content (AvgIpc) is 2.86. The smallest absolute Gasteiger partial charge is 0.165 e. The van der Waals surface area contributed by atoms with Gasteiger partial charge in [0, 0.05) is 0 Å². The van der Waals surface area contributed by atoms with Crippen LogP contribution in [-0.4, -0.2) is 12.2 Å². The van der Waals surface area contributed by atoms with E-state index in [-0.39, 0.29) is 11.7 Å². The van der Waals surface area contributed by atoms with Gasteiger partial charge in [0.15, 0.2) is 11.6 Å². The molecule has 2 rings (SSSR count). The van der Waals surface area contributed by atoms with Crippen molar-refractivity contribution >= 4 is 0 Å². The van der Waals surface area contributed by atoms with E-state index in [1.165, 1.54) is 26.0 Å². The van der Waals surface area contributed by atoms with E-state index in [9.17, 15) is 9.50 Å². The molecular weight excluding hydrogens is 231 g/mol. The Balaban J connectivity index is 2.09. The lowest BCUT2D eigenvalue weighted by atomic mass is 9.93. The van der Waals surface area contributed by atoms with E-state index in [0.717, 1.165) is 12.8 Å². The zero-order valence-corrected chi connectivity index (χ0v) is 11.0. The van der Waals surface area contributed by atoms with Gasteiger partial charge in [-0.1, -0.05) is 25.8 Å². The molecule has 0 bridgehead atoms. The van der Waals surface area contributed by atoms with Gasteiger partial charge in [-0.05, 0) is 42.4 Å². The molecule has 1 fully saturated rings. The summed E-state index contributed by atoms with van der Waals surface area (Å²) in [5.74, 6) is 0.804. The largest absolute Gasteiger partial charge is 0.494 e. The van der Waals surface area contributed by atoms with E-state index in [2.05, 4.69) is 6.92 Å². The van der Waals surface area contributed by atoms with Gasteiger partial charge in [0.25, 0.3) is 0 Å². The fraction of sp³-hybridized carbons (Fsp3) is 0.600. The van der Waals surface area contributed by atoms with Crippen molar-refractivity contribution in [3.63, 3.8) is 0 Å². The zero-order valence-electron chi connectivity index (χ0n) is 11.0. The Morgan fingerprint density at radius 1 is 1.44 bits per heavy atom. The van der Waals surface area contributed by atoms with Crippen LogP contribution in [0.4, 0.5) is 4.39 Å². The molecule has 0 aromatic heterocycles. The maximum atomic E-state index is 13.6.